The minimum absolute atomic E-state index is 0.0157. The zero-order chi connectivity index (χ0) is 13.2. The number of ether oxygens (including phenoxy) is 1. The molecular formula is C15H19NO3. The number of amides is 1. The average Bonchev–Trinajstić information content (AvgIpc) is 2.65. The first-order valence-electron chi connectivity index (χ1n) is 6.99. The lowest BCUT2D eigenvalue weighted by Crippen LogP contribution is -2.36. The third-order valence-electron chi connectivity index (χ3n) is 3.92. The molecule has 2 aliphatic rings. The molecule has 0 aromatic heterocycles. The van der Waals surface area contributed by atoms with Crippen LogP contribution in [0.4, 0.5) is 0 Å². The molecule has 4 heteroatoms. The van der Waals surface area contributed by atoms with Gasteiger partial charge < -0.3 is 15.2 Å². The van der Waals surface area contributed by atoms with Gasteiger partial charge in [0.25, 0.3) is 5.91 Å². The van der Waals surface area contributed by atoms with Crippen LogP contribution >= 0.6 is 0 Å². The number of hydrogen-bond acceptors (Lipinski definition) is 3. The summed E-state index contributed by atoms with van der Waals surface area (Å²) in [6.45, 7) is 0.745. The van der Waals surface area contributed by atoms with Gasteiger partial charge in [0.2, 0.25) is 0 Å². The minimum Gasteiger partial charge on any atom is -0.481 e. The Morgan fingerprint density at radius 2 is 2.16 bits per heavy atom. The van der Waals surface area contributed by atoms with Crippen molar-refractivity contribution < 1.29 is 14.6 Å². The van der Waals surface area contributed by atoms with Crippen molar-refractivity contribution in [3.05, 3.63) is 29.3 Å². The van der Waals surface area contributed by atoms with Crippen molar-refractivity contribution >= 4 is 5.91 Å². The van der Waals surface area contributed by atoms with Gasteiger partial charge in [-0.05, 0) is 55.4 Å². The fraction of sp³-hybridized carbons (Fsp3) is 0.533. The lowest BCUT2D eigenvalue weighted by Gasteiger charge is -2.16. The van der Waals surface area contributed by atoms with Gasteiger partial charge in [-0.15, -0.1) is 0 Å². The van der Waals surface area contributed by atoms with E-state index in [0.717, 1.165) is 55.5 Å². The Hall–Kier alpha value is -1.55. The minimum atomic E-state index is -0.383. The Balaban J connectivity index is 1.74. The van der Waals surface area contributed by atoms with E-state index in [1.165, 1.54) is 0 Å². The number of nitrogens with one attached hydrogen (secondary N) is 1. The quantitative estimate of drug-likeness (QED) is 0.852. The summed E-state index contributed by atoms with van der Waals surface area (Å²) < 4.78 is 5.81. The van der Waals surface area contributed by atoms with E-state index in [9.17, 15) is 9.90 Å². The lowest BCUT2D eigenvalue weighted by atomic mass is 10.1. The molecular weight excluding hydrogens is 242 g/mol. The molecule has 19 heavy (non-hydrogen) atoms. The van der Waals surface area contributed by atoms with Crippen molar-refractivity contribution in [1.82, 2.24) is 5.32 Å². The highest BCUT2D eigenvalue weighted by Crippen LogP contribution is 2.33. The third-order valence-corrected chi connectivity index (χ3v) is 3.92. The second kappa shape index (κ2) is 5.21. The Morgan fingerprint density at radius 3 is 3.05 bits per heavy atom. The molecule has 1 saturated heterocycles. The van der Waals surface area contributed by atoms with Gasteiger partial charge in [0.05, 0.1) is 6.10 Å². The molecule has 3 rings (SSSR count). The molecule has 0 bridgehead atoms. The Kier molecular flexibility index (Phi) is 3.42. The fourth-order valence-corrected chi connectivity index (χ4v) is 2.83. The summed E-state index contributed by atoms with van der Waals surface area (Å²) in [5.74, 6) is 0.716. The number of aliphatic hydroxyl groups excluding tert-OH is 1. The molecule has 4 nitrogen and oxygen atoms in total. The number of rotatable bonds is 2. The first kappa shape index (κ1) is 12.5. The number of hydrogen-bond donors (Lipinski definition) is 2. The second-order valence-corrected chi connectivity index (χ2v) is 5.31. The van der Waals surface area contributed by atoms with Crippen LogP contribution in [0.3, 0.4) is 0 Å². The number of benzene rings is 1. The number of fused-ring (bicyclic) bond motifs is 1. The SMILES string of the molecule is O=C1NCCCCC1Oc1ccc2c(c1)CC[C@H]2O. The molecule has 1 heterocycles. The maximum Gasteiger partial charge on any atom is 0.261 e. The molecule has 1 aliphatic carbocycles. The number of carbonyl (C=O) groups excluding carboxylic acids is 1. The zero-order valence-corrected chi connectivity index (χ0v) is 10.9. The molecule has 1 aromatic carbocycles. The third kappa shape index (κ3) is 2.59. The predicted molar refractivity (Wildman–Crippen MR) is 71.0 cm³/mol. The first-order valence-corrected chi connectivity index (χ1v) is 6.99. The first-order chi connectivity index (χ1) is 9.24. The maximum absolute atomic E-state index is 11.8. The van der Waals surface area contributed by atoms with E-state index in [-0.39, 0.29) is 18.1 Å². The van der Waals surface area contributed by atoms with Crippen LogP contribution in [0.15, 0.2) is 18.2 Å². The predicted octanol–water partition coefficient (Wildman–Crippen LogP) is 1.71. The van der Waals surface area contributed by atoms with Crippen molar-refractivity contribution in [3.8, 4) is 5.75 Å². The maximum atomic E-state index is 11.8. The molecule has 1 fully saturated rings. The zero-order valence-electron chi connectivity index (χ0n) is 10.9. The summed E-state index contributed by atoms with van der Waals surface area (Å²) in [6.07, 6.45) is 3.73. The average molecular weight is 261 g/mol. The van der Waals surface area contributed by atoms with Gasteiger partial charge in [0.1, 0.15) is 5.75 Å². The normalized spacial score (nSPS) is 26.5. The van der Waals surface area contributed by atoms with Gasteiger partial charge in [0.15, 0.2) is 6.10 Å². The highest BCUT2D eigenvalue weighted by atomic mass is 16.5. The van der Waals surface area contributed by atoms with E-state index < -0.39 is 0 Å². The van der Waals surface area contributed by atoms with Crippen LogP contribution < -0.4 is 10.1 Å². The van der Waals surface area contributed by atoms with E-state index in [1.54, 1.807) is 0 Å². The largest absolute Gasteiger partial charge is 0.481 e. The van der Waals surface area contributed by atoms with E-state index in [4.69, 9.17) is 4.74 Å². The Bertz CT molecular complexity index is 486. The highest BCUT2D eigenvalue weighted by molar-refractivity contribution is 5.81. The Morgan fingerprint density at radius 1 is 1.26 bits per heavy atom. The van der Waals surface area contributed by atoms with Crippen LogP contribution in [0.2, 0.25) is 0 Å². The van der Waals surface area contributed by atoms with Crippen LogP contribution in [-0.4, -0.2) is 23.7 Å². The van der Waals surface area contributed by atoms with Crippen LogP contribution in [-0.2, 0) is 11.2 Å². The van der Waals surface area contributed by atoms with E-state index in [0.29, 0.717) is 0 Å². The van der Waals surface area contributed by atoms with Crippen molar-refractivity contribution in [3.63, 3.8) is 0 Å². The smallest absolute Gasteiger partial charge is 0.261 e. The lowest BCUT2D eigenvalue weighted by molar-refractivity contribution is -0.127. The van der Waals surface area contributed by atoms with Gasteiger partial charge >= 0.3 is 0 Å². The molecule has 1 unspecified atom stereocenters. The van der Waals surface area contributed by atoms with Gasteiger partial charge in [-0.1, -0.05) is 6.07 Å². The van der Waals surface area contributed by atoms with Gasteiger partial charge in [0, 0.05) is 6.54 Å². The number of aryl methyl sites for hydroxylation is 1. The number of aliphatic hydroxyl groups is 1. The van der Waals surface area contributed by atoms with Crippen LogP contribution in [0.25, 0.3) is 0 Å². The summed E-state index contributed by atoms with van der Waals surface area (Å²) in [5.41, 5.74) is 2.14. The summed E-state index contributed by atoms with van der Waals surface area (Å²) in [7, 11) is 0. The van der Waals surface area contributed by atoms with Crippen molar-refractivity contribution in [1.29, 1.82) is 0 Å². The molecule has 1 aliphatic heterocycles. The molecule has 2 atom stereocenters. The standard InChI is InChI=1S/C15H19NO3/c17-13-7-4-10-9-11(5-6-12(10)13)19-14-3-1-2-8-16-15(14)18/h5-6,9,13-14,17H,1-4,7-8H2,(H,16,18)/t13-,14?/m1/s1. The van der Waals surface area contributed by atoms with Crippen LogP contribution in [0.1, 0.15) is 42.9 Å². The van der Waals surface area contributed by atoms with E-state index in [2.05, 4.69) is 5.32 Å². The van der Waals surface area contributed by atoms with Gasteiger partial charge in [-0.25, -0.2) is 0 Å². The molecule has 2 N–H and O–H groups in total. The molecule has 1 amide bonds. The Labute approximate surface area is 112 Å². The summed E-state index contributed by atoms with van der Waals surface area (Å²) in [4.78, 5) is 11.8. The molecule has 0 spiro atoms. The van der Waals surface area contributed by atoms with E-state index in [1.807, 2.05) is 18.2 Å². The highest BCUT2D eigenvalue weighted by Gasteiger charge is 2.24. The molecule has 1 aromatic rings. The van der Waals surface area contributed by atoms with Gasteiger partial charge in [-0.2, -0.15) is 0 Å². The fourth-order valence-electron chi connectivity index (χ4n) is 2.83. The molecule has 0 radical (unpaired) electrons. The molecule has 0 saturated carbocycles. The summed E-state index contributed by atoms with van der Waals surface area (Å²) in [5, 5.41) is 12.6. The summed E-state index contributed by atoms with van der Waals surface area (Å²) in [6, 6.07) is 5.73. The van der Waals surface area contributed by atoms with Crippen LogP contribution in [0, 0.1) is 0 Å². The van der Waals surface area contributed by atoms with Crippen molar-refractivity contribution in [2.45, 2.75) is 44.3 Å². The molecule has 102 valence electrons. The van der Waals surface area contributed by atoms with Crippen molar-refractivity contribution in [2.24, 2.45) is 0 Å². The number of carbonyl (C=O) groups is 1. The van der Waals surface area contributed by atoms with Crippen molar-refractivity contribution in [2.75, 3.05) is 6.54 Å². The monoisotopic (exact) mass is 261 g/mol. The topological polar surface area (TPSA) is 58.6 Å². The van der Waals surface area contributed by atoms with Crippen LogP contribution in [0.5, 0.6) is 5.75 Å². The van der Waals surface area contributed by atoms with Gasteiger partial charge in [-0.3, -0.25) is 4.79 Å². The summed E-state index contributed by atoms with van der Waals surface area (Å²) >= 11 is 0. The second-order valence-electron chi connectivity index (χ2n) is 5.31. The van der Waals surface area contributed by atoms with E-state index >= 15 is 0 Å².